The largest absolute Gasteiger partial charge is 0.153 e. The molecule has 1 atom stereocenters. The molecule has 1 aromatic rings. The van der Waals surface area contributed by atoms with Crippen molar-refractivity contribution < 1.29 is 22.0 Å². The van der Waals surface area contributed by atoms with Gasteiger partial charge in [-0.25, -0.2) is 0 Å². The van der Waals surface area contributed by atoms with Crippen LogP contribution in [0.4, 0.5) is 22.0 Å². The Morgan fingerprint density at radius 2 is 0.933 bits per heavy atom. The third-order valence-electron chi connectivity index (χ3n) is 1.58. The first-order chi connectivity index (χ1) is 6.37. The van der Waals surface area contributed by atoms with Crippen molar-refractivity contribution >= 4 is 28.3 Å². The van der Waals surface area contributed by atoms with E-state index in [4.69, 9.17) is 0 Å². The molecule has 15 heavy (non-hydrogen) atoms. The molecule has 0 aliphatic rings. The minimum Gasteiger partial charge on any atom is -0.153 e. The van der Waals surface area contributed by atoms with Crippen LogP contribution in [0.5, 0.6) is 0 Å². The molecule has 0 bridgehead atoms. The second-order valence-corrected chi connectivity index (χ2v) is 7.00. The average Bonchev–Trinajstić information content (AvgIpc) is 2.11. The summed E-state index contributed by atoms with van der Waals surface area (Å²) in [5.74, 6) is -6.28. The maximum absolute atomic E-state index is 13.0. The summed E-state index contributed by atoms with van der Waals surface area (Å²) in [6.07, 6.45) is 0. The van der Waals surface area contributed by atoms with E-state index in [2.05, 4.69) is 0 Å². The standard InChI is InChI=1S/C8H6F5Se.H3P/c1-14(2)8-6(12)4(10)3(9)5(11)7(8)13;/h1-2H3;1H3. The molecule has 0 nitrogen and oxygen atoms in total. The number of rotatable bonds is 1. The van der Waals surface area contributed by atoms with Crippen molar-refractivity contribution in [3.05, 3.63) is 29.1 Å². The maximum Gasteiger partial charge on any atom is -0.153 e. The van der Waals surface area contributed by atoms with Crippen molar-refractivity contribution in [2.24, 2.45) is 0 Å². The molecule has 0 amide bonds. The van der Waals surface area contributed by atoms with Gasteiger partial charge in [0, 0.05) is 0 Å². The van der Waals surface area contributed by atoms with Crippen molar-refractivity contribution in [1.29, 1.82) is 0 Å². The molecule has 87 valence electrons. The van der Waals surface area contributed by atoms with E-state index in [9.17, 15) is 22.0 Å². The van der Waals surface area contributed by atoms with Gasteiger partial charge in [0.25, 0.3) is 0 Å². The van der Waals surface area contributed by atoms with Crippen LogP contribution in [0.25, 0.3) is 0 Å². The van der Waals surface area contributed by atoms with Crippen molar-refractivity contribution in [2.45, 2.75) is 11.6 Å². The first kappa shape index (κ1) is 14.8. The summed E-state index contributed by atoms with van der Waals surface area (Å²) < 4.78 is 63.1. The fourth-order valence-corrected chi connectivity index (χ4v) is 2.82. The first-order valence-electron chi connectivity index (χ1n) is 3.47. The van der Waals surface area contributed by atoms with Crippen molar-refractivity contribution in [2.75, 3.05) is 0 Å². The normalized spacial score (nSPS) is 10.4. The number of halogens is 5. The molecule has 0 N–H and O–H groups in total. The molecule has 0 fully saturated rings. The quantitative estimate of drug-likeness (QED) is 0.246. The molecule has 0 aliphatic carbocycles. The van der Waals surface area contributed by atoms with Crippen LogP contribution in [-0.4, -0.2) is 13.9 Å². The van der Waals surface area contributed by atoms with Gasteiger partial charge < -0.3 is 0 Å². The minimum atomic E-state index is -2.10. The summed E-state index contributed by atoms with van der Waals surface area (Å²) >= 11 is -1.95. The molecule has 7 heteroatoms. The van der Waals surface area contributed by atoms with Gasteiger partial charge in [-0.05, 0) is 0 Å². The maximum atomic E-state index is 13.0. The summed E-state index contributed by atoms with van der Waals surface area (Å²) in [4.78, 5) is 0. The Morgan fingerprint density at radius 1 is 0.667 bits per heavy atom. The number of benzene rings is 1. The van der Waals surface area contributed by atoms with Crippen LogP contribution in [0.15, 0.2) is 0 Å². The molecular formula is C8H9F5PSe. The van der Waals surface area contributed by atoms with Crippen LogP contribution in [-0.2, 0) is 0 Å². The van der Waals surface area contributed by atoms with Crippen LogP contribution < -0.4 is 4.46 Å². The van der Waals surface area contributed by atoms with Gasteiger partial charge in [-0.1, -0.05) is 0 Å². The second-order valence-electron chi connectivity index (χ2n) is 2.72. The van der Waals surface area contributed by atoms with Gasteiger partial charge in [0.1, 0.15) is 0 Å². The van der Waals surface area contributed by atoms with Gasteiger partial charge >= 0.3 is 81.0 Å². The predicted octanol–water partition coefficient (Wildman–Crippen LogP) is 2.40. The smallest absolute Gasteiger partial charge is 0.153 e. The zero-order valence-electron chi connectivity index (χ0n) is 8.01. The van der Waals surface area contributed by atoms with Gasteiger partial charge in [-0.15, -0.1) is 0 Å². The van der Waals surface area contributed by atoms with Crippen LogP contribution in [0.1, 0.15) is 0 Å². The molecule has 1 aromatic carbocycles. The Labute approximate surface area is 91.4 Å². The van der Waals surface area contributed by atoms with Crippen LogP contribution in [0, 0.1) is 29.1 Å². The van der Waals surface area contributed by atoms with Gasteiger partial charge in [-0.3, -0.25) is 0 Å². The number of hydrogen-bond acceptors (Lipinski definition) is 0. The zero-order chi connectivity index (χ0) is 11.0. The van der Waals surface area contributed by atoms with Crippen molar-refractivity contribution in [3.63, 3.8) is 0 Å². The summed E-state index contributed by atoms with van der Waals surface area (Å²) in [6.45, 7) is 0. The molecular weight excluding hydrogens is 301 g/mol. The Balaban J connectivity index is 0.00000196. The second kappa shape index (κ2) is 5.24. The van der Waals surface area contributed by atoms with E-state index in [0.717, 1.165) is 0 Å². The molecule has 0 saturated heterocycles. The van der Waals surface area contributed by atoms with Gasteiger partial charge in [0.2, 0.25) is 0 Å². The first-order valence-corrected chi connectivity index (χ1v) is 7.75. The Hall–Kier alpha value is -0.181. The third-order valence-corrected chi connectivity index (χ3v) is 4.04. The van der Waals surface area contributed by atoms with E-state index in [0.29, 0.717) is 0 Å². The molecule has 1 unspecified atom stereocenters. The number of hydrogen-bond donors (Lipinski definition) is 0. The van der Waals surface area contributed by atoms with E-state index in [1.54, 1.807) is 0 Å². The van der Waals surface area contributed by atoms with Gasteiger partial charge in [0.15, 0.2) is 0 Å². The minimum absolute atomic E-state index is 0. The molecule has 0 saturated carbocycles. The predicted molar refractivity (Wildman–Crippen MR) is 54.5 cm³/mol. The topological polar surface area (TPSA) is 0 Å². The molecule has 1 rings (SSSR count). The van der Waals surface area contributed by atoms with Gasteiger partial charge in [0.05, 0.1) is 0 Å². The summed E-state index contributed by atoms with van der Waals surface area (Å²) in [5, 5.41) is 0. The Bertz CT molecular complexity index is 351. The van der Waals surface area contributed by atoms with Crippen LogP contribution in [0.3, 0.4) is 0 Å². The zero-order valence-corrected chi connectivity index (χ0v) is 11.1. The van der Waals surface area contributed by atoms with Crippen molar-refractivity contribution in [1.82, 2.24) is 0 Å². The van der Waals surface area contributed by atoms with Crippen molar-refractivity contribution in [3.8, 4) is 0 Å². The average molecular weight is 310 g/mol. The Kier molecular flexibility index (Phi) is 5.18. The van der Waals surface area contributed by atoms with E-state index in [1.165, 1.54) is 11.6 Å². The fraction of sp³-hybridized carbons (Fsp3) is 0.250. The third kappa shape index (κ3) is 2.49. The van der Waals surface area contributed by atoms with E-state index >= 15 is 0 Å². The van der Waals surface area contributed by atoms with Crippen LogP contribution in [0.2, 0.25) is 11.6 Å². The fourth-order valence-electron chi connectivity index (χ4n) is 0.943. The van der Waals surface area contributed by atoms with Crippen LogP contribution >= 0.6 is 9.90 Å². The SMILES string of the molecule is C[Se](C)c1c(F)c(F)c(F)c(F)c1F.P. The Morgan fingerprint density at radius 3 is 1.20 bits per heavy atom. The molecule has 0 spiro atoms. The molecule has 0 aromatic heterocycles. The monoisotopic (exact) mass is 311 g/mol. The molecule has 0 aliphatic heterocycles. The van der Waals surface area contributed by atoms with E-state index in [1.807, 2.05) is 0 Å². The van der Waals surface area contributed by atoms with Gasteiger partial charge in [-0.2, -0.15) is 9.90 Å². The summed E-state index contributed by atoms with van der Waals surface area (Å²) in [6, 6.07) is 0. The van der Waals surface area contributed by atoms with E-state index in [-0.39, 0.29) is 9.90 Å². The summed E-state index contributed by atoms with van der Waals surface area (Å²) in [7, 11) is 0. The molecule has 1 radical (unpaired) electrons. The van der Waals surface area contributed by atoms with E-state index < -0.39 is 47.4 Å². The molecule has 0 heterocycles. The summed E-state index contributed by atoms with van der Waals surface area (Å²) in [5.41, 5.74) is 0.